The molecule has 0 bridgehead atoms. The quantitative estimate of drug-likeness (QED) is 0.635. The van der Waals surface area contributed by atoms with Crippen molar-refractivity contribution in [2.24, 2.45) is 0 Å². The summed E-state index contributed by atoms with van der Waals surface area (Å²) in [6.45, 7) is 1.19. The number of fused-ring (bicyclic) bond motifs is 1. The fourth-order valence-electron chi connectivity index (χ4n) is 3.40. The van der Waals surface area contributed by atoms with Crippen LogP contribution in [-0.4, -0.2) is 29.5 Å². The van der Waals surface area contributed by atoms with E-state index < -0.39 is 0 Å². The van der Waals surface area contributed by atoms with Crippen LogP contribution in [0.15, 0.2) is 60.9 Å². The Balaban J connectivity index is 1.32. The van der Waals surface area contributed by atoms with Crippen LogP contribution in [0.1, 0.15) is 12.0 Å². The lowest BCUT2D eigenvalue weighted by molar-refractivity contribution is -0.122. The zero-order chi connectivity index (χ0) is 18.6. The molecule has 2 atom stereocenters. The number of benzene rings is 2. The maximum absolute atomic E-state index is 12.5. The second-order valence-corrected chi connectivity index (χ2v) is 7.19. The predicted octanol–water partition coefficient (Wildman–Crippen LogP) is 3.35. The molecule has 2 heterocycles. The molecule has 5 nitrogen and oxygen atoms in total. The van der Waals surface area contributed by atoms with Gasteiger partial charge in [-0.3, -0.25) is 9.78 Å². The number of anilines is 1. The van der Waals surface area contributed by atoms with Gasteiger partial charge in [0, 0.05) is 47.6 Å². The summed E-state index contributed by atoms with van der Waals surface area (Å²) in [5.41, 5.74) is 1.98. The van der Waals surface area contributed by atoms with Gasteiger partial charge in [-0.25, -0.2) is 0 Å². The number of pyridine rings is 1. The summed E-state index contributed by atoms with van der Waals surface area (Å²) in [4.78, 5) is 16.6. The predicted molar refractivity (Wildman–Crippen MR) is 109 cm³/mol. The number of hydrogen-bond acceptors (Lipinski definition) is 4. The zero-order valence-corrected chi connectivity index (χ0v) is 15.5. The Labute approximate surface area is 163 Å². The van der Waals surface area contributed by atoms with Gasteiger partial charge in [0.2, 0.25) is 5.91 Å². The van der Waals surface area contributed by atoms with Crippen LogP contribution >= 0.6 is 11.6 Å². The molecule has 1 aromatic heterocycles. The third kappa shape index (κ3) is 4.21. The summed E-state index contributed by atoms with van der Waals surface area (Å²) in [6.07, 6.45) is 4.39. The largest absolute Gasteiger partial charge is 0.381 e. The van der Waals surface area contributed by atoms with Crippen molar-refractivity contribution in [1.29, 1.82) is 0 Å². The number of hydrogen-bond donors (Lipinski definition) is 3. The second-order valence-electron chi connectivity index (χ2n) is 6.78. The molecule has 1 saturated heterocycles. The van der Waals surface area contributed by atoms with E-state index in [-0.39, 0.29) is 18.0 Å². The van der Waals surface area contributed by atoms with Gasteiger partial charge in [-0.1, -0.05) is 35.9 Å². The van der Waals surface area contributed by atoms with Gasteiger partial charge in [0.15, 0.2) is 0 Å². The first kappa shape index (κ1) is 17.8. The molecule has 1 aliphatic rings. The Kier molecular flexibility index (Phi) is 5.23. The average Bonchev–Trinajstić information content (AvgIpc) is 3.15. The maximum Gasteiger partial charge on any atom is 0.237 e. The van der Waals surface area contributed by atoms with Crippen LogP contribution in [-0.2, 0) is 11.3 Å². The molecule has 2 aromatic carbocycles. The first-order valence-electron chi connectivity index (χ1n) is 9.04. The van der Waals surface area contributed by atoms with E-state index in [2.05, 4.69) is 39.1 Å². The normalized spacial score (nSPS) is 19.1. The van der Waals surface area contributed by atoms with Gasteiger partial charge in [-0.05, 0) is 41.6 Å². The van der Waals surface area contributed by atoms with Crippen LogP contribution in [0.25, 0.3) is 10.8 Å². The molecule has 1 fully saturated rings. The highest BCUT2D eigenvalue weighted by Gasteiger charge is 2.29. The minimum atomic E-state index is -0.199. The molecule has 1 aliphatic heterocycles. The molecular weight excluding hydrogens is 360 g/mol. The van der Waals surface area contributed by atoms with E-state index in [0.717, 1.165) is 35.0 Å². The summed E-state index contributed by atoms with van der Waals surface area (Å²) in [5.74, 6) is 0.00352. The molecular formula is C21H21ClN4O. The van der Waals surface area contributed by atoms with Gasteiger partial charge in [-0.15, -0.1) is 0 Å². The molecule has 3 N–H and O–H groups in total. The van der Waals surface area contributed by atoms with Crippen LogP contribution in [0.4, 0.5) is 5.69 Å². The zero-order valence-electron chi connectivity index (χ0n) is 14.8. The smallest absolute Gasteiger partial charge is 0.237 e. The lowest BCUT2D eigenvalue weighted by Gasteiger charge is -2.14. The topological polar surface area (TPSA) is 66.0 Å². The monoisotopic (exact) mass is 380 g/mol. The molecule has 1 amide bonds. The van der Waals surface area contributed by atoms with E-state index in [1.807, 2.05) is 36.5 Å². The summed E-state index contributed by atoms with van der Waals surface area (Å²) < 4.78 is 0. The third-order valence-corrected chi connectivity index (χ3v) is 5.24. The molecule has 0 unspecified atom stereocenters. The van der Waals surface area contributed by atoms with Gasteiger partial charge >= 0.3 is 0 Å². The van der Waals surface area contributed by atoms with Gasteiger partial charge < -0.3 is 16.0 Å². The summed E-state index contributed by atoms with van der Waals surface area (Å²) >= 11 is 6.14. The Morgan fingerprint density at radius 2 is 2.07 bits per heavy atom. The first-order valence-corrected chi connectivity index (χ1v) is 9.41. The number of nitrogens with one attached hydrogen (secondary N) is 3. The molecule has 0 radical (unpaired) electrons. The Bertz CT molecular complexity index is 962. The molecule has 0 saturated carbocycles. The van der Waals surface area contributed by atoms with Gasteiger partial charge in [0.1, 0.15) is 0 Å². The maximum atomic E-state index is 12.5. The van der Waals surface area contributed by atoms with Gasteiger partial charge in [0.25, 0.3) is 0 Å². The van der Waals surface area contributed by atoms with Crippen LogP contribution in [0.2, 0.25) is 5.02 Å². The number of amides is 1. The fraction of sp³-hybridized carbons (Fsp3) is 0.238. The highest BCUT2D eigenvalue weighted by Crippen LogP contribution is 2.21. The van der Waals surface area contributed by atoms with Crippen LogP contribution < -0.4 is 16.0 Å². The summed E-state index contributed by atoms with van der Waals surface area (Å²) in [6, 6.07) is 15.8. The van der Waals surface area contributed by atoms with E-state index in [9.17, 15) is 4.79 Å². The van der Waals surface area contributed by atoms with E-state index in [4.69, 9.17) is 11.6 Å². The lowest BCUT2D eigenvalue weighted by Crippen LogP contribution is -2.40. The molecule has 4 rings (SSSR count). The second kappa shape index (κ2) is 7.94. The van der Waals surface area contributed by atoms with E-state index in [0.29, 0.717) is 11.6 Å². The minimum Gasteiger partial charge on any atom is -0.381 e. The number of rotatable bonds is 5. The van der Waals surface area contributed by atoms with Crippen molar-refractivity contribution in [3.63, 3.8) is 0 Å². The first-order chi connectivity index (χ1) is 13.2. The average molecular weight is 381 g/mol. The van der Waals surface area contributed by atoms with Gasteiger partial charge in [0.05, 0.1) is 6.04 Å². The highest BCUT2D eigenvalue weighted by atomic mass is 35.5. The minimum absolute atomic E-state index is 0.00352. The number of halogens is 1. The van der Waals surface area contributed by atoms with Crippen molar-refractivity contribution in [1.82, 2.24) is 15.6 Å². The Hall–Kier alpha value is -2.63. The molecule has 6 heteroatoms. The van der Waals surface area contributed by atoms with Crippen molar-refractivity contribution in [2.75, 3.05) is 11.9 Å². The van der Waals surface area contributed by atoms with Crippen molar-refractivity contribution in [3.8, 4) is 0 Å². The molecule has 3 aromatic rings. The van der Waals surface area contributed by atoms with Crippen molar-refractivity contribution in [2.45, 2.75) is 25.0 Å². The van der Waals surface area contributed by atoms with Crippen LogP contribution in [0, 0.1) is 0 Å². The van der Waals surface area contributed by atoms with Crippen molar-refractivity contribution < 1.29 is 4.79 Å². The van der Waals surface area contributed by atoms with Crippen LogP contribution in [0.5, 0.6) is 0 Å². The summed E-state index contributed by atoms with van der Waals surface area (Å²) in [7, 11) is 0. The number of aromatic nitrogens is 1. The van der Waals surface area contributed by atoms with E-state index >= 15 is 0 Å². The van der Waals surface area contributed by atoms with E-state index in [1.54, 1.807) is 6.20 Å². The third-order valence-electron chi connectivity index (χ3n) is 4.87. The van der Waals surface area contributed by atoms with Crippen LogP contribution in [0.3, 0.4) is 0 Å². The molecule has 27 heavy (non-hydrogen) atoms. The molecule has 0 spiro atoms. The van der Waals surface area contributed by atoms with E-state index in [1.165, 1.54) is 0 Å². The Morgan fingerprint density at radius 1 is 1.19 bits per heavy atom. The highest BCUT2D eigenvalue weighted by molar-refractivity contribution is 6.31. The lowest BCUT2D eigenvalue weighted by atomic mass is 10.1. The number of carbonyl (C=O) groups is 1. The molecule has 0 aliphatic carbocycles. The standard InChI is InChI=1S/C21H21ClN4O/c22-19-4-2-1-3-16(19)12-25-21(27)20-10-18(13-24-20)26-17-6-5-15-11-23-8-7-14(15)9-17/h1-9,11,18,20,24,26H,10,12-13H2,(H,25,27)/t18-,20-/m0/s1. The SMILES string of the molecule is O=C(NCc1ccccc1Cl)[C@@H]1C[C@H](Nc2ccc3cnccc3c2)CN1. The molecule has 138 valence electrons. The van der Waals surface area contributed by atoms with Crippen molar-refractivity contribution >= 4 is 34.0 Å². The number of nitrogens with zero attached hydrogens (tertiary/aromatic N) is 1. The number of carbonyl (C=O) groups excluding carboxylic acids is 1. The Morgan fingerprint density at radius 3 is 2.96 bits per heavy atom. The fourth-order valence-corrected chi connectivity index (χ4v) is 3.60. The van der Waals surface area contributed by atoms with Gasteiger partial charge in [-0.2, -0.15) is 0 Å². The van der Waals surface area contributed by atoms with Crippen molar-refractivity contribution in [3.05, 3.63) is 71.5 Å². The summed E-state index contributed by atoms with van der Waals surface area (Å²) in [5, 5.41) is 12.7.